The molecule has 2 N–H and O–H groups in total. The zero-order valence-electron chi connectivity index (χ0n) is 14.9. The number of urea groups is 1. The Morgan fingerprint density at radius 1 is 1.12 bits per heavy atom. The average molecular weight is 338 g/mol. The zero-order chi connectivity index (χ0) is 17.8. The summed E-state index contributed by atoms with van der Waals surface area (Å²) in [5.74, 6) is 0. The largest absolute Gasteiger partial charge is 0.391 e. The molecule has 2 atom stereocenters. The molecular formula is C21H26N2O2. The molecular weight excluding hydrogens is 312 g/mol. The first-order valence-corrected chi connectivity index (χ1v) is 8.94. The maximum atomic E-state index is 12.6. The molecule has 0 saturated heterocycles. The number of amides is 2. The highest BCUT2D eigenvalue weighted by molar-refractivity contribution is 5.90. The monoisotopic (exact) mass is 338 g/mol. The molecule has 0 unspecified atom stereocenters. The van der Waals surface area contributed by atoms with Crippen LogP contribution in [-0.4, -0.2) is 35.2 Å². The van der Waals surface area contributed by atoms with E-state index in [2.05, 4.69) is 24.4 Å². The number of carbonyl (C=O) groups excluding carboxylic acids is 1. The van der Waals surface area contributed by atoms with Crippen molar-refractivity contribution in [3.05, 3.63) is 54.1 Å². The van der Waals surface area contributed by atoms with Crippen molar-refractivity contribution < 1.29 is 9.90 Å². The van der Waals surface area contributed by atoms with E-state index < -0.39 is 6.10 Å². The fourth-order valence-corrected chi connectivity index (χ4v) is 3.57. The van der Waals surface area contributed by atoms with Gasteiger partial charge in [-0.15, -0.1) is 0 Å². The standard InChI is InChI=1S/C21H26N2O2/c1-15-8-3-4-11-18(15)16-9-7-10-17(14-16)22-21(25)23(2)19-12-5-6-13-20(19)24/h3-4,7-11,14,19-20,24H,5-6,12-13H2,1-2H3,(H,22,25)/t19-,20+/m1/s1. The maximum Gasteiger partial charge on any atom is 0.321 e. The molecule has 0 aromatic heterocycles. The number of aliphatic hydroxyl groups is 1. The average Bonchev–Trinajstić information content (AvgIpc) is 2.62. The van der Waals surface area contributed by atoms with E-state index in [1.54, 1.807) is 11.9 Å². The van der Waals surface area contributed by atoms with E-state index in [0.29, 0.717) is 0 Å². The van der Waals surface area contributed by atoms with Gasteiger partial charge in [-0.05, 0) is 48.6 Å². The maximum absolute atomic E-state index is 12.6. The Morgan fingerprint density at radius 3 is 2.64 bits per heavy atom. The lowest BCUT2D eigenvalue weighted by atomic mass is 9.92. The summed E-state index contributed by atoms with van der Waals surface area (Å²) >= 11 is 0. The summed E-state index contributed by atoms with van der Waals surface area (Å²) in [5.41, 5.74) is 4.21. The van der Waals surface area contributed by atoms with Crippen LogP contribution in [0.4, 0.5) is 10.5 Å². The highest BCUT2D eigenvalue weighted by atomic mass is 16.3. The van der Waals surface area contributed by atoms with Crippen LogP contribution in [0.25, 0.3) is 11.1 Å². The molecule has 0 aliphatic heterocycles. The number of carbonyl (C=O) groups is 1. The van der Waals surface area contributed by atoms with Gasteiger partial charge in [0.25, 0.3) is 0 Å². The van der Waals surface area contributed by atoms with Gasteiger partial charge >= 0.3 is 6.03 Å². The van der Waals surface area contributed by atoms with Crippen molar-refractivity contribution in [3.8, 4) is 11.1 Å². The Hall–Kier alpha value is -2.33. The third-order valence-electron chi connectivity index (χ3n) is 5.08. The molecule has 0 bridgehead atoms. The second kappa shape index (κ2) is 7.70. The van der Waals surface area contributed by atoms with Gasteiger partial charge in [0.15, 0.2) is 0 Å². The van der Waals surface area contributed by atoms with Gasteiger partial charge in [-0.3, -0.25) is 0 Å². The number of aryl methyl sites for hydroxylation is 1. The fourth-order valence-electron chi connectivity index (χ4n) is 3.57. The quantitative estimate of drug-likeness (QED) is 0.870. The van der Waals surface area contributed by atoms with Crippen LogP contribution >= 0.6 is 0 Å². The normalized spacial score (nSPS) is 20.1. The van der Waals surface area contributed by atoms with Crippen LogP contribution in [-0.2, 0) is 0 Å². The van der Waals surface area contributed by atoms with Gasteiger partial charge in [0.2, 0.25) is 0 Å². The van der Waals surface area contributed by atoms with Gasteiger partial charge in [-0.1, -0.05) is 49.2 Å². The molecule has 4 heteroatoms. The van der Waals surface area contributed by atoms with Crippen LogP contribution in [0.1, 0.15) is 31.2 Å². The highest BCUT2D eigenvalue weighted by Crippen LogP contribution is 2.26. The Bertz CT molecular complexity index is 744. The number of nitrogens with zero attached hydrogens (tertiary/aromatic N) is 1. The molecule has 2 aromatic carbocycles. The molecule has 4 nitrogen and oxygen atoms in total. The second-order valence-electron chi connectivity index (χ2n) is 6.86. The summed E-state index contributed by atoms with van der Waals surface area (Å²) in [6, 6.07) is 15.8. The number of rotatable bonds is 3. The summed E-state index contributed by atoms with van der Waals surface area (Å²) in [6.45, 7) is 2.08. The molecule has 25 heavy (non-hydrogen) atoms. The Balaban J connectivity index is 1.73. The third-order valence-corrected chi connectivity index (χ3v) is 5.08. The minimum Gasteiger partial charge on any atom is -0.391 e. The van der Waals surface area contributed by atoms with Crippen LogP contribution in [0.5, 0.6) is 0 Å². The molecule has 1 saturated carbocycles. The number of aliphatic hydroxyl groups excluding tert-OH is 1. The van der Waals surface area contributed by atoms with Crippen LogP contribution < -0.4 is 5.32 Å². The summed E-state index contributed by atoms with van der Waals surface area (Å²) in [5, 5.41) is 13.1. The van der Waals surface area contributed by atoms with Crippen molar-refractivity contribution in [1.82, 2.24) is 4.90 Å². The van der Waals surface area contributed by atoms with Gasteiger partial charge < -0.3 is 15.3 Å². The van der Waals surface area contributed by atoms with E-state index in [1.165, 1.54) is 5.56 Å². The van der Waals surface area contributed by atoms with E-state index >= 15 is 0 Å². The summed E-state index contributed by atoms with van der Waals surface area (Å²) in [4.78, 5) is 14.2. The predicted molar refractivity (Wildman–Crippen MR) is 102 cm³/mol. The van der Waals surface area contributed by atoms with Crippen molar-refractivity contribution in [1.29, 1.82) is 0 Å². The van der Waals surface area contributed by atoms with Gasteiger partial charge in [0.1, 0.15) is 0 Å². The first-order chi connectivity index (χ1) is 12.1. The van der Waals surface area contributed by atoms with E-state index in [1.807, 2.05) is 36.4 Å². The first kappa shape index (κ1) is 17.5. The zero-order valence-corrected chi connectivity index (χ0v) is 14.9. The van der Waals surface area contributed by atoms with E-state index in [9.17, 15) is 9.90 Å². The third kappa shape index (κ3) is 4.02. The Morgan fingerprint density at radius 2 is 1.88 bits per heavy atom. The van der Waals surface area contributed by atoms with Crippen LogP contribution in [0, 0.1) is 6.92 Å². The number of anilines is 1. The van der Waals surface area contributed by atoms with E-state index in [0.717, 1.165) is 42.5 Å². The molecule has 0 heterocycles. The van der Waals surface area contributed by atoms with Crippen molar-refractivity contribution in [2.75, 3.05) is 12.4 Å². The SMILES string of the molecule is Cc1ccccc1-c1cccc(NC(=O)N(C)[C@@H]2CCCC[C@@H]2O)c1. The summed E-state index contributed by atoms with van der Waals surface area (Å²) in [7, 11) is 1.76. The molecule has 3 rings (SSSR count). The molecule has 1 aliphatic rings. The lowest BCUT2D eigenvalue weighted by molar-refractivity contribution is 0.0494. The highest BCUT2D eigenvalue weighted by Gasteiger charge is 2.29. The molecule has 2 amide bonds. The second-order valence-corrected chi connectivity index (χ2v) is 6.86. The fraction of sp³-hybridized carbons (Fsp3) is 0.381. The van der Waals surface area contributed by atoms with Crippen LogP contribution in [0.2, 0.25) is 0 Å². The predicted octanol–water partition coefficient (Wildman–Crippen LogP) is 4.43. The van der Waals surface area contributed by atoms with Crippen molar-refractivity contribution in [3.63, 3.8) is 0 Å². The number of hydrogen-bond donors (Lipinski definition) is 2. The lowest BCUT2D eigenvalue weighted by Crippen LogP contribution is -2.47. The molecule has 132 valence electrons. The topological polar surface area (TPSA) is 52.6 Å². The number of benzene rings is 2. The Labute approximate surface area is 149 Å². The molecule has 2 aromatic rings. The van der Waals surface area contributed by atoms with Gasteiger partial charge in [0, 0.05) is 12.7 Å². The number of likely N-dealkylation sites (N-methyl/N-ethyl adjacent to an activating group) is 1. The van der Waals surface area contributed by atoms with Crippen molar-refractivity contribution in [2.45, 2.75) is 44.8 Å². The van der Waals surface area contributed by atoms with Crippen LogP contribution in [0.3, 0.4) is 0 Å². The van der Waals surface area contributed by atoms with Gasteiger partial charge in [-0.25, -0.2) is 4.79 Å². The number of nitrogens with one attached hydrogen (secondary N) is 1. The van der Waals surface area contributed by atoms with Crippen molar-refractivity contribution >= 4 is 11.7 Å². The summed E-state index contributed by atoms with van der Waals surface area (Å²) < 4.78 is 0. The molecule has 1 fully saturated rings. The minimum absolute atomic E-state index is 0.103. The van der Waals surface area contributed by atoms with Gasteiger partial charge in [0.05, 0.1) is 12.1 Å². The molecule has 0 radical (unpaired) electrons. The van der Waals surface area contributed by atoms with E-state index in [4.69, 9.17) is 0 Å². The molecule has 1 aliphatic carbocycles. The Kier molecular flexibility index (Phi) is 5.39. The summed E-state index contributed by atoms with van der Waals surface area (Å²) in [6.07, 6.45) is 3.29. The first-order valence-electron chi connectivity index (χ1n) is 8.94. The van der Waals surface area contributed by atoms with E-state index in [-0.39, 0.29) is 12.1 Å². The molecule has 0 spiro atoms. The van der Waals surface area contributed by atoms with Crippen molar-refractivity contribution in [2.24, 2.45) is 0 Å². The lowest BCUT2D eigenvalue weighted by Gasteiger charge is -2.35. The minimum atomic E-state index is -0.428. The van der Waals surface area contributed by atoms with Gasteiger partial charge in [-0.2, -0.15) is 0 Å². The smallest absolute Gasteiger partial charge is 0.321 e. The number of hydrogen-bond acceptors (Lipinski definition) is 2. The van der Waals surface area contributed by atoms with Crippen LogP contribution in [0.15, 0.2) is 48.5 Å².